The van der Waals surface area contributed by atoms with E-state index in [1.54, 1.807) is 12.1 Å². The minimum absolute atomic E-state index is 0. The molecule has 0 radical (unpaired) electrons. The number of hydrogen-bond acceptors (Lipinski definition) is 2. The van der Waals surface area contributed by atoms with Crippen molar-refractivity contribution in [3.05, 3.63) is 41.5 Å². The van der Waals surface area contributed by atoms with Gasteiger partial charge in [0.15, 0.2) is 0 Å². The molecular formula is C13H13N4Rb. The number of imidazole rings is 1. The number of nitrogens with zero attached hydrogens (tertiary/aromatic N) is 2. The van der Waals surface area contributed by atoms with Crippen molar-refractivity contribution in [1.29, 1.82) is 0 Å². The Hall–Kier alpha value is -0.425. The molecule has 1 aliphatic rings. The SMILES string of the molecule is Cc1nc2n(c1-c1ccc(N)c([NH-])c1)C=CC2.[Rb+]. The molecule has 18 heavy (non-hydrogen) atoms. The van der Waals surface area contributed by atoms with Gasteiger partial charge in [-0.05, 0) is 18.6 Å². The summed E-state index contributed by atoms with van der Waals surface area (Å²) in [5, 5.41) is 0. The van der Waals surface area contributed by atoms with E-state index in [2.05, 4.69) is 15.6 Å². The fourth-order valence-corrected chi connectivity index (χ4v) is 2.22. The molecule has 3 N–H and O–H groups in total. The van der Waals surface area contributed by atoms with Gasteiger partial charge in [0.05, 0.1) is 11.4 Å². The second kappa shape index (κ2) is 5.29. The van der Waals surface area contributed by atoms with Crippen molar-refractivity contribution in [2.24, 2.45) is 0 Å². The number of nitrogens with two attached hydrogens (primary N) is 1. The van der Waals surface area contributed by atoms with Crippen LogP contribution in [0.4, 0.5) is 11.4 Å². The summed E-state index contributed by atoms with van der Waals surface area (Å²) in [6.45, 7) is 1.99. The largest absolute Gasteiger partial charge is 1.00 e. The van der Waals surface area contributed by atoms with Crippen molar-refractivity contribution in [3.8, 4) is 11.3 Å². The van der Waals surface area contributed by atoms with Crippen LogP contribution in [0.25, 0.3) is 23.2 Å². The van der Waals surface area contributed by atoms with Crippen molar-refractivity contribution >= 4 is 17.6 Å². The van der Waals surface area contributed by atoms with Gasteiger partial charge in [0.1, 0.15) is 5.82 Å². The number of benzene rings is 1. The van der Waals surface area contributed by atoms with Crippen molar-refractivity contribution in [1.82, 2.24) is 9.55 Å². The van der Waals surface area contributed by atoms with Crippen molar-refractivity contribution in [2.45, 2.75) is 13.3 Å². The van der Waals surface area contributed by atoms with Gasteiger partial charge in [-0.15, -0.1) is 5.69 Å². The first-order chi connectivity index (χ1) is 8.16. The van der Waals surface area contributed by atoms with Gasteiger partial charge in [0, 0.05) is 18.3 Å². The van der Waals surface area contributed by atoms with E-state index in [0.29, 0.717) is 11.4 Å². The number of hydrogen-bond donors (Lipinski definition) is 1. The van der Waals surface area contributed by atoms with Crippen molar-refractivity contribution < 1.29 is 58.2 Å². The minimum atomic E-state index is 0. The number of rotatable bonds is 1. The summed E-state index contributed by atoms with van der Waals surface area (Å²) in [5.41, 5.74) is 17.3. The maximum absolute atomic E-state index is 7.76. The van der Waals surface area contributed by atoms with E-state index in [9.17, 15) is 0 Å². The Bertz CT molecular complexity index is 628. The van der Waals surface area contributed by atoms with E-state index in [4.69, 9.17) is 11.5 Å². The third-order valence-corrected chi connectivity index (χ3v) is 3.04. The average molecular weight is 311 g/mol. The van der Waals surface area contributed by atoms with Crippen LogP contribution in [0.1, 0.15) is 11.5 Å². The van der Waals surface area contributed by atoms with E-state index in [0.717, 1.165) is 29.2 Å². The number of aryl methyl sites for hydroxylation is 1. The van der Waals surface area contributed by atoms with Crippen LogP contribution in [-0.4, -0.2) is 9.55 Å². The molecule has 1 aliphatic heterocycles. The van der Waals surface area contributed by atoms with Crippen LogP contribution in [0, 0.1) is 6.92 Å². The molecule has 0 spiro atoms. The molecular weight excluding hydrogens is 298 g/mol. The number of nitrogen functional groups attached to an aromatic ring is 1. The normalized spacial score (nSPS) is 12.3. The summed E-state index contributed by atoms with van der Waals surface area (Å²) in [4.78, 5) is 4.53. The predicted molar refractivity (Wildman–Crippen MR) is 69.8 cm³/mol. The van der Waals surface area contributed by atoms with Gasteiger partial charge >= 0.3 is 58.2 Å². The summed E-state index contributed by atoms with van der Waals surface area (Å²) < 4.78 is 2.08. The molecule has 4 nitrogen and oxygen atoms in total. The molecule has 0 atom stereocenters. The van der Waals surface area contributed by atoms with Gasteiger partial charge in [-0.1, -0.05) is 18.2 Å². The number of aromatic nitrogens is 2. The van der Waals surface area contributed by atoms with Crippen LogP contribution in [-0.2, 0) is 6.42 Å². The quantitative estimate of drug-likeness (QED) is 0.762. The Morgan fingerprint density at radius 1 is 1.39 bits per heavy atom. The van der Waals surface area contributed by atoms with Gasteiger partial charge in [0.25, 0.3) is 0 Å². The summed E-state index contributed by atoms with van der Waals surface area (Å²) >= 11 is 0. The first kappa shape index (κ1) is 14.0. The summed E-state index contributed by atoms with van der Waals surface area (Å²) in [7, 11) is 0. The van der Waals surface area contributed by atoms with Gasteiger partial charge in [-0.3, -0.25) is 0 Å². The van der Waals surface area contributed by atoms with Gasteiger partial charge in [-0.25, -0.2) is 4.98 Å². The topological polar surface area (TPSA) is 67.6 Å². The van der Waals surface area contributed by atoms with Crippen LogP contribution in [0.2, 0.25) is 0 Å². The average Bonchev–Trinajstić information content (AvgIpc) is 2.82. The monoisotopic (exact) mass is 310 g/mol. The Balaban J connectivity index is 0.00000120. The number of allylic oxidation sites excluding steroid dienone is 1. The summed E-state index contributed by atoms with van der Waals surface area (Å²) in [6.07, 6.45) is 5.00. The fraction of sp³-hybridized carbons (Fsp3) is 0.154. The predicted octanol–water partition coefficient (Wildman–Crippen LogP) is 0.155. The van der Waals surface area contributed by atoms with Gasteiger partial charge in [0.2, 0.25) is 0 Å². The molecule has 0 fully saturated rings. The maximum Gasteiger partial charge on any atom is 1.00 e. The molecule has 2 heterocycles. The molecule has 5 heteroatoms. The molecule has 0 aliphatic carbocycles. The zero-order valence-corrected chi connectivity index (χ0v) is 15.5. The molecule has 0 saturated carbocycles. The number of anilines is 1. The van der Waals surface area contributed by atoms with Crippen LogP contribution < -0.4 is 63.9 Å². The van der Waals surface area contributed by atoms with E-state index < -0.39 is 0 Å². The molecule has 2 aromatic rings. The van der Waals surface area contributed by atoms with E-state index in [1.807, 2.05) is 19.2 Å². The second-order valence-corrected chi connectivity index (χ2v) is 4.22. The first-order valence-electron chi connectivity index (χ1n) is 5.52. The second-order valence-electron chi connectivity index (χ2n) is 4.22. The van der Waals surface area contributed by atoms with Gasteiger partial charge < -0.3 is 16.0 Å². The van der Waals surface area contributed by atoms with E-state index in [1.165, 1.54) is 0 Å². The molecule has 1 aromatic heterocycles. The molecule has 86 valence electrons. The van der Waals surface area contributed by atoms with Crippen LogP contribution in [0.3, 0.4) is 0 Å². The van der Waals surface area contributed by atoms with E-state index in [-0.39, 0.29) is 58.2 Å². The summed E-state index contributed by atoms with van der Waals surface area (Å²) in [6, 6.07) is 5.51. The van der Waals surface area contributed by atoms with Crippen LogP contribution in [0.15, 0.2) is 24.3 Å². The standard InChI is InChI=1S/C13H13N4.Rb/c1-8-13(17-6-2-3-12(17)16-8)9-4-5-10(14)11(15)7-9;/h2,4-7,15H,3,14H2,1H3;/q-1;+1. The maximum atomic E-state index is 7.76. The minimum Gasteiger partial charge on any atom is -0.697 e. The fourth-order valence-electron chi connectivity index (χ4n) is 2.22. The number of nitrogens with one attached hydrogen (secondary N) is 1. The molecule has 0 unspecified atom stereocenters. The molecule has 3 rings (SSSR count). The van der Waals surface area contributed by atoms with Crippen molar-refractivity contribution in [2.75, 3.05) is 5.73 Å². The molecule has 0 amide bonds. The molecule has 0 bridgehead atoms. The van der Waals surface area contributed by atoms with Crippen molar-refractivity contribution in [3.63, 3.8) is 0 Å². The van der Waals surface area contributed by atoms with Crippen LogP contribution >= 0.6 is 0 Å². The van der Waals surface area contributed by atoms with E-state index >= 15 is 0 Å². The number of fused-ring (bicyclic) bond motifs is 1. The zero-order chi connectivity index (χ0) is 12.0. The third kappa shape index (κ3) is 2.22. The van der Waals surface area contributed by atoms with Crippen LogP contribution in [0.5, 0.6) is 0 Å². The zero-order valence-electron chi connectivity index (χ0n) is 10.6. The Morgan fingerprint density at radius 2 is 2.17 bits per heavy atom. The third-order valence-electron chi connectivity index (χ3n) is 3.04. The molecule has 0 saturated heterocycles. The summed E-state index contributed by atoms with van der Waals surface area (Å²) in [5.74, 6) is 1.06. The first-order valence-corrected chi connectivity index (χ1v) is 5.52. The smallest absolute Gasteiger partial charge is 0.697 e. The Kier molecular flexibility index (Phi) is 4.11. The Morgan fingerprint density at radius 3 is 2.89 bits per heavy atom. The molecule has 1 aromatic carbocycles. The van der Waals surface area contributed by atoms with Gasteiger partial charge in [-0.2, -0.15) is 0 Å². The Labute approximate surface area is 155 Å².